The molecule has 1 N–H and O–H groups in total. The minimum absolute atomic E-state index is 0.275. The van der Waals surface area contributed by atoms with E-state index in [1.54, 1.807) is 32.2 Å². The monoisotopic (exact) mass is 423 g/mol. The predicted molar refractivity (Wildman–Crippen MR) is 119 cm³/mol. The topological polar surface area (TPSA) is 82.5 Å². The molecule has 30 heavy (non-hydrogen) atoms. The lowest BCUT2D eigenvalue weighted by Crippen LogP contribution is -2.33. The number of nitrogens with zero attached hydrogens (tertiary/aromatic N) is 2. The summed E-state index contributed by atoms with van der Waals surface area (Å²) in [5, 5.41) is 8.74. The van der Waals surface area contributed by atoms with Gasteiger partial charge in [-0.25, -0.2) is 4.68 Å². The van der Waals surface area contributed by atoms with Gasteiger partial charge in [-0.3, -0.25) is 9.59 Å². The predicted octanol–water partition coefficient (Wildman–Crippen LogP) is 4.14. The van der Waals surface area contributed by atoms with Crippen molar-refractivity contribution in [2.45, 2.75) is 19.9 Å². The van der Waals surface area contributed by atoms with Gasteiger partial charge in [0.25, 0.3) is 5.56 Å². The van der Waals surface area contributed by atoms with Gasteiger partial charge in [0.1, 0.15) is 6.04 Å². The number of aromatic nitrogens is 2. The molecule has 0 aliphatic rings. The van der Waals surface area contributed by atoms with Crippen LogP contribution in [0.1, 0.15) is 18.7 Å². The quantitative estimate of drug-likeness (QED) is 0.522. The minimum Gasteiger partial charge on any atom is -0.493 e. The van der Waals surface area contributed by atoms with Crippen LogP contribution in [-0.4, -0.2) is 29.9 Å². The second-order valence-electron chi connectivity index (χ2n) is 6.87. The van der Waals surface area contributed by atoms with Crippen LogP contribution in [-0.2, 0) is 4.79 Å². The number of fused-ring (bicyclic) bond motifs is 3. The van der Waals surface area contributed by atoms with Gasteiger partial charge in [-0.15, -0.1) is 11.3 Å². The van der Waals surface area contributed by atoms with Crippen LogP contribution in [0.25, 0.3) is 20.2 Å². The van der Waals surface area contributed by atoms with Crippen LogP contribution in [0.5, 0.6) is 11.5 Å². The maximum absolute atomic E-state index is 13.2. The molecule has 0 saturated heterocycles. The van der Waals surface area contributed by atoms with Crippen molar-refractivity contribution in [3.05, 3.63) is 58.5 Å². The van der Waals surface area contributed by atoms with Crippen molar-refractivity contribution in [3.8, 4) is 11.5 Å². The number of hydrogen-bond donors (Lipinski definition) is 1. The SMILES string of the molecule is COc1ccc(NC(=O)[C@@H](C)n2nc(C)c3sc4ccccc4c3c2=O)cc1OC. The Morgan fingerprint density at radius 3 is 2.60 bits per heavy atom. The van der Waals surface area contributed by atoms with E-state index in [-0.39, 0.29) is 11.5 Å². The number of amides is 1. The third-order valence-corrected chi connectivity index (χ3v) is 6.28. The Hall–Kier alpha value is -3.39. The van der Waals surface area contributed by atoms with Gasteiger partial charge in [0.2, 0.25) is 5.91 Å². The van der Waals surface area contributed by atoms with Crippen LogP contribution in [0.2, 0.25) is 0 Å². The van der Waals surface area contributed by atoms with E-state index in [1.807, 2.05) is 31.2 Å². The highest BCUT2D eigenvalue weighted by Gasteiger charge is 2.22. The fraction of sp³-hybridized carbons (Fsp3) is 0.227. The van der Waals surface area contributed by atoms with Gasteiger partial charge in [0, 0.05) is 21.8 Å². The molecule has 1 amide bonds. The summed E-state index contributed by atoms with van der Waals surface area (Å²) in [5.41, 5.74) is 0.982. The van der Waals surface area contributed by atoms with E-state index in [9.17, 15) is 9.59 Å². The third kappa shape index (κ3) is 3.29. The van der Waals surface area contributed by atoms with E-state index in [2.05, 4.69) is 10.4 Å². The Kier molecular flexibility index (Phi) is 5.17. The van der Waals surface area contributed by atoms with E-state index >= 15 is 0 Å². The Labute approximate surface area is 176 Å². The van der Waals surface area contributed by atoms with Crippen molar-refractivity contribution < 1.29 is 14.3 Å². The number of carbonyl (C=O) groups excluding carboxylic acids is 1. The van der Waals surface area contributed by atoms with Crippen molar-refractivity contribution in [2.75, 3.05) is 19.5 Å². The van der Waals surface area contributed by atoms with Gasteiger partial charge in [0.05, 0.1) is 30.0 Å². The number of aryl methyl sites for hydroxylation is 1. The van der Waals surface area contributed by atoms with Gasteiger partial charge >= 0.3 is 0 Å². The third-order valence-electron chi connectivity index (χ3n) is 5.00. The summed E-state index contributed by atoms with van der Waals surface area (Å²) in [6.45, 7) is 3.51. The summed E-state index contributed by atoms with van der Waals surface area (Å²) in [4.78, 5) is 26.1. The maximum Gasteiger partial charge on any atom is 0.276 e. The van der Waals surface area contributed by atoms with Crippen LogP contribution < -0.4 is 20.3 Å². The first-order chi connectivity index (χ1) is 14.4. The van der Waals surface area contributed by atoms with Crippen molar-refractivity contribution in [1.82, 2.24) is 9.78 Å². The average molecular weight is 423 g/mol. The standard InChI is InChI=1S/C22H21N3O4S/c1-12-20-19(15-7-5-6-8-18(15)30-20)22(27)25(24-12)13(2)21(26)23-14-9-10-16(28-3)17(11-14)29-4/h5-11,13H,1-4H3,(H,23,26)/t13-/m1/s1. The van der Waals surface area contributed by atoms with Crippen molar-refractivity contribution in [3.63, 3.8) is 0 Å². The van der Waals surface area contributed by atoms with Crippen LogP contribution in [0, 0.1) is 6.92 Å². The summed E-state index contributed by atoms with van der Waals surface area (Å²) >= 11 is 1.54. The first-order valence-corrected chi connectivity index (χ1v) is 10.2. The van der Waals surface area contributed by atoms with Crippen LogP contribution in [0.3, 0.4) is 0 Å². The zero-order valence-corrected chi connectivity index (χ0v) is 17.9. The Morgan fingerprint density at radius 1 is 1.13 bits per heavy atom. The molecular weight excluding hydrogens is 402 g/mol. The van der Waals surface area contributed by atoms with Gasteiger partial charge < -0.3 is 14.8 Å². The normalized spacial score (nSPS) is 12.1. The highest BCUT2D eigenvalue weighted by Crippen LogP contribution is 2.33. The molecule has 0 aliphatic carbocycles. The molecule has 0 saturated carbocycles. The maximum atomic E-state index is 13.2. The Balaban J connectivity index is 1.71. The smallest absolute Gasteiger partial charge is 0.276 e. The van der Waals surface area contributed by atoms with E-state index in [0.29, 0.717) is 22.6 Å². The number of anilines is 1. The zero-order valence-electron chi connectivity index (χ0n) is 17.1. The molecule has 8 heteroatoms. The Morgan fingerprint density at radius 2 is 1.87 bits per heavy atom. The van der Waals surface area contributed by atoms with Crippen molar-refractivity contribution in [1.29, 1.82) is 0 Å². The second-order valence-corrected chi connectivity index (χ2v) is 7.92. The fourth-order valence-corrected chi connectivity index (χ4v) is 4.55. The molecule has 4 aromatic rings. The highest BCUT2D eigenvalue weighted by atomic mass is 32.1. The molecule has 0 bridgehead atoms. The van der Waals surface area contributed by atoms with Gasteiger partial charge in [-0.2, -0.15) is 5.10 Å². The first-order valence-electron chi connectivity index (χ1n) is 9.38. The summed E-state index contributed by atoms with van der Waals surface area (Å²) in [5.74, 6) is 0.710. The molecule has 154 valence electrons. The molecule has 0 unspecified atom stereocenters. The van der Waals surface area contributed by atoms with Crippen LogP contribution in [0.4, 0.5) is 5.69 Å². The number of benzene rings is 2. The number of hydrogen-bond acceptors (Lipinski definition) is 6. The van der Waals surface area contributed by atoms with Crippen LogP contribution in [0.15, 0.2) is 47.3 Å². The van der Waals surface area contributed by atoms with Crippen LogP contribution >= 0.6 is 11.3 Å². The molecule has 4 rings (SSSR count). The molecule has 2 aromatic carbocycles. The van der Waals surface area contributed by atoms with Crippen molar-refractivity contribution >= 4 is 43.1 Å². The van der Waals surface area contributed by atoms with Gasteiger partial charge in [0.15, 0.2) is 11.5 Å². The zero-order chi connectivity index (χ0) is 21.4. The lowest BCUT2D eigenvalue weighted by atomic mass is 10.2. The number of rotatable bonds is 5. The number of carbonyl (C=O) groups is 1. The van der Waals surface area contributed by atoms with Gasteiger partial charge in [-0.05, 0) is 32.0 Å². The summed E-state index contributed by atoms with van der Waals surface area (Å²) in [6, 6.07) is 12.0. The fourth-order valence-electron chi connectivity index (χ4n) is 3.41. The average Bonchev–Trinajstić information content (AvgIpc) is 3.16. The van der Waals surface area contributed by atoms with E-state index < -0.39 is 6.04 Å². The molecule has 7 nitrogen and oxygen atoms in total. The molecule has 0 aliphatic heterocycles. The molecule has 1 atom stereocenters. The number of thiophene rings is 1. The van der Waals surface area contributed by atoms with Crippen molar-refractivity contribution in [2.24, 2.45) is 0 Å². The molecular formula is C22H21N3O4S. The second kappa shape index (κ2) is 7.79. The number of methoxy groups -OCH3 is 2. The number of ether oxygens (including phenoxy) is 2. The van der Waals surface area contributed by atoms with E-state index in [1.165, 1.54) is 23.1 Å². The van der Waals surface area contributed by atoms with E-state index in [4.69, 9.17) is 9.47 Å². The number of nitrogens with one attached hydrogen (secondary N) is 1. The molecule has 0 spiro atoms. The lowest BCUT2D eigenvalue weighted by molar-refractivity contribution is -0.119. The summed E-state index contributed by atoms with van der Waals surface area (Å²) in [7, 11) is 3.07. The minimum atomic E-state index is -0.799. The molecule has 2 aromatic heterocycles. The highest BCUT2D eigenvalue weighted by molar-refractivity contribution is 7.26. The summed E-state index contributed by atoms with van der Waals surface area (Å²) in [6.07, 6.45) is 0. The summed E-state index contributed by atoms with van der Waals surface area (Å²) < 4.78 is 13.6. The first kappa shape index (κ1) is 19.9. The lowest BCUT2D eigenvalue weighted by Gasteiger charge is -2.16. The van der Waals surface area contributed by atoms with Gasteiger partial charge in [-0.1, -0.05) is 18.2 Å². The Bertz CT molecular complexity index is 1330. The molecule has 0 radical (unpaired) electrons. The molecule has 0 fully saturated rings. The van der Waals surface area contributed by atoms with E-state index in [0.717, 1.165) is 20.5 Å². The molecule has 2 heterocycles. The largest absolute Gasteiger partial charge is 0.493 e.